The highest BCUT2D eigenvalue weighted by atomic mass is 14.9. The first kappa shape index (κ1) is 6.57. The van der Waals surface area contributed by atoms with Gasteiger partial charge in [0.2, 0.25) is 0 Å². The van der Waals surface area contributed by atoms with Crippen molar-refractivity contribution in [2.75, 3.05) is 6.54 Å². The van der Waals surface area contributed by atoms with E-state index in [1.165, 1.54) is 0 Å². The zero-order chi connectivity index (χ0) is 6.69. The summed E-state index contributed by atoms with van der Waals surface area (Å²) in [7, 11) is 0. The molecule has 1 fully saturated rings. The molecule has 9 heavy (non-hydrogen) atoms. The second kappa shape index (κ2) is 2.84. The van der Waals surface area contributed by atoms with Gasteiger partial charge in [0.05, 0.1) is 12.0 Å². The van der Waals surface area contributed by atoms with Gasteiger partial charge in [0.15, 0.2) is 0 Å². The van der Waals surface area contributed by atoms with Crippen LogP contribution in [0.3, 0.4) is 0 Å². The molecule has 0 radical (unpaired) electrons. The first-order valence-electron chi connectivity index (χ1n) is 3.47. The molecule has 0 aromatic heterocycles. The van der Waals surface area contributed by atoms with Crippen LogP contribution in [0.5, 0.6) is 0 Å². The zero-order valence-electron chi connectivity index (χ0n) is 5.72. The van der Waals surface area contributed by atoms with Gasteiger partial charge in [-0.2, -0.15) is 5.26 Å². The lowest BCUT2D eigenvalue weighted by atomic mass is 9.94. The molecule has 50 valence electrons. The van der Waals surface area contributed by atoms with Crippen LogP contribution in [0.4, 0.5) is 0 Å². The van der Waals surface area contributed by atoms with Gasteiger partial charge >= 0.3 is 0 Å². The maximum absolute atomic E-state index is 8.57. The van der Waals surface area contributed by atoms with Crippen molar-refractivity contribution >= 4 is 0 Å². The predicted molar refractivity (Wildman–Crippen MR) is 35.8 cm³/mol. The van der Waals surface area contributed by atoms with Gasteiger partial charge in [0, 0.05) is 6.04 Å². The fraction of sp³-hybridized carbons (Fsp3) is 0.857. The van der Waals surface area contributed by atoms with E-state index in [0.29, 0.717) is 6.04 Å². The highest BCUT2D eigenvalue weighted by Crippen LogP contribution is 2.13. The second-order valence-electron chi connectivity index (χ2n) is 2.62. The number of rotatable bonds is 0. The number of hydrogen-bond donors (Lipinski definition) is 1. The highest BCUT2D eigenvalue weighted by Gasteiger charge is 2.19. The van der Waals surface area contributed by atoms with Gasteiger partial charge in [-0.1, -0.05) is 0 Å². The summed E-state index contributed by atoms with van der Waals surface area (Å²) >= 11 is 0. The molecule has 1 aliphatic rings. The van der Waals surface area contributed by atoms with Gasteiger partial charge < -0.3 is 5.32 Å². The van der Waals surface area contributed by atoms with Crippen molar-refractivity contribution in [3.8, 4) is 6.07 Å². The van der Waals surface area contributed by atoms with E-state index in [0.717, 1.165) is 19.4 Å². The molecule has 1 aliphatic heterocycles. The predicted octanol–water partition coefficient (Wildman–Crippen LogP) is 0.898. The minimum absolute atomic E-state index is 0.249. The van der Waals surface area contributed by atoms with Crippen molar-refractivity contribution in [3.63, 3.8) is 0 Å². The molecule has 0 bridgehead atoms. The Morgan fingerprint density at radius 3 is 2.89 bits per heavy atom. The van der Waals surface area contributed by atoms with Gasteiger partial charge in [-0.05, 0) is 26.3 Å². The van der Waals surface area contributed by atoms with Crippen molar-refractivity contribution < 1.29 is 0 Å². The van der Waals surface area contributed by atoms with Crippen LogP contribution in [0.15, 0.2) is 0 Å². The highest BCUT2D eigenvalue weighted by molar-refractivity contribution is 4.92. The molecule has 2 atom stereocenters. The molecule has 2 nitrogen and oxygen atoms in total. The molecule has 2 heteroatoms. The monoisotopic (exact) mass is 124 g/mol. The van der Waals surface area contributed by atoms with Crippen LogP contribution >= 0.6 is 0 Å². The molecular weight excluding hydrogens is 112 g/mol. The summed E-state index contributed by atoms with van der Waals surface area (Å²) in [6.45, 7) is 3.16. The van der Waals surface area contributed by atoms with Crippen molar-refractivity contribution in [1.82, 2.24) is 5.32 Å². The smallest absolute Gasteiger partial charge is 0.0672 e. The number of nitriles is 1. The third-order valence-electron chi connectivity index (χ3n) is 1.93. The minimum Gasteiger partial charge on any atom is -0.313 e. The zero-order valence-corrected chi connectivity index (χ0v) is 5.72. The lowest BCUT2D eigenvalue weighted by Gasteiger charge is -2.24. The van der Waals surface area contributed by atoms with Crippen LogP contribution < -0.4 is 5.32 Å². The second-order valence-corrected chi connectivity index (χ2v) is 2.62. The summed E-state index contributed by atoms with van der Waals surface area (Å²) in [6.07, 6.45) is 2.23. The third kappa shape index (κ3) is 1.43. The van der Waals surface area contributed by atoms with E-state index in [-0.39, 0.29) is 5.92 Å². The maximum Gasteiger partial charge on any atom is 0.0672 e. The van der Waals surface area contributed by atoms with Crippen molar-refractivity contribution in [2.24, 2.45) is 5.92 Å². The Hall–Kier alpha value is -0.550. The molecule has 1 saturated heterocycles. The number of piperidine rings is 1. The number of hydrogen-bond acceptors (Lipinski definition) is 2. The summed E-state index contributed by atoms with van der Waals surface area (Å²) in [4.78, 5) is 0. The Balaban J connectivity index is 2.41. The van der Waals surface area contributed by atoms with Crippen LogP contribution in [0, 0.1) is 17.2 Å². The number of nitrogens with zero attached hydrogens (tertiary/aromatic N) is 1. The normalized spacial score (nSPS) is 35.6. The van der Waals surface area contributed by atoms with Gasteiger partial charge in [-0.3, -0.25) is 0 Å². The molecule has 0 spiro atoms. The molecule has 2 unspecified atom stereocenters. The van der Waals surface area contributed by atoms with E-state index >= 15 is 0 Å². The molecule has 1 heterocycles. The average molecular weight is 124 g/mol. The fourth-order valence-electron chi connectivity index (χ4n) is 1.22. The Bertz CT molecular complexity index is 125. The number of nitrogens with one attached hydrogen (secondary N) is 1. The van der Waals surface area contributed by atoms with Crippen LogP contribution in [0.2, 0.25) is 0 Å². The van der Waals surface area contributed by atoms with Crippen LogP contribution in [-0.4, -0.2) is 12.6 Å². The van der Waals surface area contributed by atoms with E-state index in [1.807, 2.05) is 0 Å². The molecule has 0 saturated carbocycles. The van der Waals surface area contributed by atoms with Crippen molar-refractivity contribution in [3.05, 3.63) is 0 Å². The first-order chi connectivity index (χ1) is 4.34. The summed E-state index contributed by atoms with van der Waals surface area (Å²) in [5.74, 6) is 0.249. The Kier molecular flexibility index (Phi) is 2.07. The Morgan fingerprint density at radius 1 is 1.67 bits per heavy atom. The Morgan fingerprint density at radius 2 is 2.44 bits per heavy atom. The summed E-state index contributed by atoms with van der Waals surface area (Å²) < 4.78 is 0. The molecule has 0 aromatic rings. The van der Waals surface area contributed by atoms with Gasteiger partial charge in [-0.15, -0.1) is 0 Å². The van der Waals surface area contributed by atoms with Crippen LogP contribution in [-0.2, 0) is 0 Å². The average Bonchev–Trinajstić information content (AvgIpc) is 1.89. The third-order valence-corrected chi connectivity index (χ3v) is 1.93. The van der Waals surface area contributed by atoms with E-state index in [9.17, 15) is 0 Å². The van der Waals surface area contributed by atoms with Crippen molar-refractivity contribution in [1.29, 1.82) is 5.26 Å². The molecule has 0 aliphatic carbocycles. The molecule has 1 rings (SSSR count). The van der Waals surface area contributed by atoms with Crippen LogP contribution in [0.25, 0.3) is 0 Å². The fourth-order valence-corrected chi connectivity index (χ4v) is 1.22. The first-order valence-corrected chi connectivity index (χ1v) is 3.47. The Labute approximate surface area is 55.9 Å². The summed E-state index contributed by atoms with van der Waals surface area (Å²) in [5.41, 5.74) is 0. The van der Waals surface area contributed by atoms with Crippen LogP contribution in [0.1, 0.15) is 19.8 Å². The van der Waals surface area contributed by atoms with E-state index in [4.69, 9.17) is 5.26 Å². The quantitative estimate of drug-likeness (QED) is 0.520. The largest absolute Gasteiger partial charge is 0.313 e. The lowest BCUT2D eigenvalue weighted by molar-refractivity contribution is 0.355. The summed E-state index contributed by atoms with van der Waals surface area (Å²) in [6, 6.07) is 2.70. The lowest BCUT2D eigenvalue weighted by Crippen LogP contribution is -2.38. The summed E-state index contributed by atoms with van der Waals surface area (Å²) in [5, 5.41) is 11.8. The molecule has 1 N–H and O–H groups in total. The standard InChI is InChI=1S/C7H12N2/c1-6-7(5-8)3-2-4-9-6/h6-7,9H,2-4H2,1H3. The van der Waals surface area contributed by atoms with E-state index < -0.39 is 0 Å². The molecule has 0 aromatic carbocycles. The maximum atomic E-state index is 8.57. The van der Waals surface area contributed by atoms with Gasteiger partial charge in [0.1, 0.15) is 0 Å². The van der Waals surface area contributed by atoms with E-state index in [2.05, 4.69) is 18.3 Å². The SMILES string of the molecule is CC1NCCCC1C#N. The van der Waals surface area contributed by atoms with Gasteiger partial charge in [0.25, 0.3) is 0 Å². The van der Waals surface area contributed by atoms with Crippen molar-refractivity contribution in [2.45, 2.75) is 25.8 Å². The minimum atomic E-state index is 0.249. The molecule has 0 amide bonds. The van der Waals surface area contributed by atoms with E-state index in [1.54, 1.807) is 0 Å². The molecular formula is C7H12N2. The van der Waals surface area contributed by atoms with Gasteiger partial charge in [-0.25, -0.2) is 0 Å². The topological polar surface area (TPSA) is 35.8 Å².